The fourth-order valence-electron chi connectivity index (χ4n) is 0.776. The SMILES string of the molecule is CCSC1=CCC=CN=C1F. The van der Waals surface area contributed by atoms with Gasteiger partial charge in [-0.1, -0.05) is 19.1 Å². The Morgan fingerprint density at radius 3 is 3.27 bits per heavy atom. The highest BCUT2D eigenvalue weighted by atomic mass is 32.2. The van der Waals surface area contributed by atoms with Crippen LogP contribution in [-0.2, 0) is 0 Å². The number of hydrogen-bond acceptors (Lipinski definition) is 2. The number of aliphatic imine (C=N–C) groups is 1. The highest BCUT2D eigenvalue weighted by Gasteiger charge is 2.05. The summed E-state index contributed by atoms with van der Waals surface area (Å²) in [5.41, 5.74) is 0. The number of allylic oxidation sites excluding steroid dienone is 3. The third-order valence-electron chi connectivity index (χ3n) is 1.24. The molecule has 1 aliphatic rings. The maximum absolute atomic E-state index is 12.9. The number of thioether (sulfide) groups is 1. The van der Waals surface area contributed by atoms with Gasteiger partial charge in [-0.2, -0.15) is 4.39 Å². The van der Waals surface area contributed by atoms with Crippen molar-refractivity contribution in [3.05, 3.63) is 23.3 Å². The van der Waals surface area contributed by atoms with Gasteiger partial charge >= 0.3 is 0 Å². The lowest BCUT2D eigenvalue weighted by Crippen LogP contribution is -1.90. The molecule has 0 aromatic rings. The Balaban J connectivity index is 2.69. The zero-order chi connectivity index (χ0) is 8.10. The first-order valence-corrected chi connectivity index (χ1v) is 4.54. The quantitative estimate of drug-likeness (QED) is 0.622. The van der Waals surface area contributed by atoms with Gasteiger partial charge in [0.05, 0.1) is 4.91 Å². The van der Waals surface area contributed by atoms with E-state index in [9.17, 15) is 4.39 Å². The predicted molar refractivity (Wildman–Crippen MR) is 48.5 cm³/mol. The Labute approximate surface area is 70.1 Å². The van der Waals surface area contributed by atoms with Gasteiger partial charge in [0.2, 0.25) is 5.97 Å². The molecule has 0 aromatic carbocycles. The highest BCUT2D eigenvalue weighted by Crippen LogP contribution is 2.20. The molecule has 1 rings (SSSR count). The molecule has 0 spiro atoms. The van der Waals surface area contributed by atoms with E-state index in [4.69, 9.17) is 0 Å². The third-order valence-corrected chi connectivity index (χ3v) is 2.17. The van der Waals surface area contributed by atoms with Gasteiger partial charge in [0.1, 0.15) is 0 Å². The van der Waals surface area contributed by atoms with E-state index < -0.39 is 0 Å². The van der Waals surface area contributed by atoms with E-state index in [1.807, 2.05) is 19.1 Å². The minimum absolute atomic E-state index is 0.356. The van der Waals surface area contributed by atoms with Gasteiger partial charge in [0, 0.05) is 6.20 Å². The van der Waals surface area contributed by atoms with Crippen molar-refractivity contribution in [1.29, 1.82) is 0 Å². The Hall–Kier alpha value is -0.570. The van der Waals surface area contributed by atoms with Gasteiger partial charge < -0.3 is 0 Å². The van der Waals surface area contributed by atoms with Crippen LogP contribution in [0.25, 0.3) is 0 Å². The van der Waals surface area contributed by atoms with E-state index in [0.29, 0.717) is 4.91 Å². The molecule has 3 heteroatoms. The van der Waals surface area contributed by atoms with Crippen molar-refractivity contribution >= 4 is 17.7 Å². The van der Waals surface area contributed by atoms with Crippen molar-refractivity contribution in [3.8, 4) is 0 Å². The molecule has 1 nitrogen and oxygen atoms in total. The van der Waals surface area contributed by atoms with Gasteiger partial charge in [-0.25, -0.2) is 4.99 Å². The summed E-state index contributed by atoms with van der Waals surface area (Å²) in [6.07, 6.45) is 5.98. The van der Waals surface area contributed by atoms with Gasteiger partial charge in [-0.15, -0.1) is 11.8 Å². The Morgan fingerprint density at radius 1 is 1.73 bits per heavy atom. The average Bonchev–Trinajstić information content (AvgIpc) is 2.18. The van der Waals surface area contributed by atoms with E-state index in [1.165, 1.54) is 18.0 Å². The first-order chi connectivity index (χ1) is 5.34. The van der Waals surface area contributed by atoms with Gasteiger partial charge in [0.15, 0.2) is 0 Å². The van der Waals surface area contributed by atoms with Crippen LogP contribution in [0.1, 0.15) is 13.3 Å². The second-order valence-electron chi connectivity index (χ2n) is 2.04. The lowest BCUT2D eigenvalue weighted by molar-refractivity contribution is 0.811. The van der Waals surface area contributed by atoms with Gasteiger partial charge in [-0.3, -0.25) is 0 Å². The number of nitrogens with zero attached hydrogens (tertiary/aromatic N) is 1. The minimum atomic E-state index is -0.356. The van der Waals surface area contributed by atoms with Crippen LogP contribution in [0.15, 0.2) is 28.2 Å². The van der Waals surface area contributed by atoms with Crippen molar-refractivity contribution in [2.75, 3.05) is 5.75 Å². The largest absolute Gasteiger partial charge is 0.228 e. The molecule has 11 heavy (non-hydrogen) atoms. The van der Waals surface area contributed by atoms with E-state index in [1.54, 1.807) is 0 Å². The summed E-state index contributed by atoms with van der Waals surface area (Å²) in [5.74, 6) is 0.528. The molecule has 0 saturated heterocycles. The molecule has 0 amide bonds. The molecule has 0 unspecified atom stereocenters. The van der Waals surface area contributed by atoms with Crippen LogP contribution in [0, 0.1) is 0 Å². The molecule has 0 N–H and O–H groups in total. The second kappa shape index (κ2) is 4.34. The maximum Gasteiger partial charge on any atom is 0.226 e. The van der Waals surface area contributed by atoms with Crippen molar-refractivity contribution < 1.29 is 4.39 Å². The van der Waals surface area contributed by atoms with E-state index in [-0.39, 0.29) is 5.97 Å². The standard InChI is InChI=1S/C8H10FNS/c1-2-11-7-5-3-4-6-10-8(7)9/h4-6H,2-3H2,1H3. The lowest BCUT2D eigenvalue weighted by Gasteiger charge is -1.97. The first kappa shape index (κ1) is 8.53. The van der Waals surface area contributed by atoms with Gasteiger partial charge in [0.25, 0.3) is 0 Å². The van der Waals surface area contributed by atoms with Crippen LogP contribution < -0.4 is 0 Å². The lowest BCUT2D eigenvalue weighted by atomic mass is 10.4. The van der Waals surface area contributed by atoms with Crippen LogP contribution in [-0.4, -0.2) is 11.7 Å². The van der Waals surface area contributed by atoms with E-state index >= 15 is 0 Å². The molecule has 1 heterocycles. The predicted octanol–water partition coefficient (Wildman–Crippen LogP) is 2.91. The van der Waals surface area contributed by atoms with E-state index in [2.05, 4.69) is 4.99 Å². The molecule has 0 fully saturated rings. The molecule has 0 atom stereocenters. The van der Waals surface area contributed by atoms with Crippen LogP contribution in [0.5, 0.6) is 0 Å². The molecule has 0 aliphatic carbocycles. The molecule has 0 bridgehead atoms. The van der Waals surface area contributed by atoms with Crippen molar-refractivity contribution in [2.45, 2.75) is 13.3 Å². The molecule has 0 saturated carbocycles. The average molecular weight is 171 g/mol. The monoisotopic (exact) mass is 171 g/mol. The summed E-state index contributed by atoms with van der Waals surface area (Å²) < 4.78 is 12.9. The Morgan fingerprint density at radius 2 is 2.55 bits per heavy atom. The van der Waals surface area contributed by atoms with Crippen LogP contribution in [0.3, 0.4) is 0 Å². The Kier molecular flexibility index (Phi) is 3.36. The maximum atomic E-state index is 12.9. The topological polar surface area (TPSA) is 12.4 Å². The second-order valence-corrected chi connectivity index (χ2v) is 3.35. The van der Waals surface area contributed by atoms with Crippen molar-refractivity contribution in [1.82, 2.24) is 0 Å². The molecular formula is C8H10FNS. The number of halogens is 1. The molecule has 0 radical (unpaired) electrons. The zero-order valence-corrected chi connectivity index (χ0v) is 7.20. The normalized spacial score (nSPS) is 17.3. The number of hydrogen-bond donors (Lipinski definition) is 0. The Bertz CT molecular complexity index is 218. The van der Waals surface area contributed by atoms with Crippen LogP contribution in [0.2, 0.25) is 0 Å². The van der Waals surface area contributed by atoms with Crippen LogP contribution >= 0.6 is 11.8 Å². The summed E-state index contributed by atoms with van der Waals surface area (Å²) in [4.78, 5) is 4.27. The smallest absolute Gasteiger partial charge is 0.226 e. The fourth-order valence-corrected chi connectivity index (χ4v) is 1.47. The number of rotatable bonds is 2. The molecule has 0 aromatic heterocycles. The fraction of sp³-hybridized carbons (Fsp3) is 0.375. The van der Waals surface area contributed by atoms with Gasteiger partial charge in [-0.05, 0) is 12.2 Å². The summed E-state index contributed by atoms with van der Waals surface area (Å²) in [6, 6.07) is 0. The first-order valence-electron chi connectivity index (χ1n) is 3.56. The van der Waals surface area contributed by atoms with E-state index in [0.717, 1.165) is 12.2 Å². The zero-order valence-electron chi connectivity index (χ0n) is 6.38. The summed E-state index contributed by atoms with van der Waals surface area (Å²) in [7, 11) is 0. The summed E-state index contributed by atoms with van der Waals surface area (Å²) in [5, 5.41) is 0. The summed E-state index contributed by atoms with van der Waals surface area (Å²) >= 11 is 1.49. The minimum Gasteiger partial charge on any atom is -0.228 e. The molecule has 60 valence electrons. The van der Waals surface area contributed by atoms with Crippen molar-refractivity contribution in [3.63, 3.8) is 0 Å². The van der Waals surface area contributed by atoms with Crippen molar-refractivity contribution in [2.24, 2.45) is 4.99 Å². The molecular weight excluding hydrogens is 161 g/mol. The van der Waals surface area contributed by atoms with Crippen LogP contribution in [0.4, 0.5) is 4.39 Å². The highest BCUT2D eigenvalue weighted by molar-refractivity contribution is 8.03. The third kappa shape index (κ3) is 2.50. The summed E-state index contributed by atoms with van der Waals surface area (Å²) in [6.45, 7) is 2.00. The molecule has 1 aliphatic heterocycles.